The number of carbonyl (C=O) groups is 1. The number of pyridine rings is 1. The van der Waals surface area contributed by atoms with Crippen LogP contribution in [0.2, 0.25) is 5.02 Å². The van der Waals surface area contributed by atoms with E-state index in [4.69, 9.17) is 11.6 Å². The first-order valence-electron chi connectivity index (χ1n) is 9.88. The van der Waals surface area contributed by atoms with E-state index in [0.717, 1.165) is 36.1 Å². The zero-order chi connectivity index (χ0) is 21.3. The molecule has 2 heterocycles. The Bertz CT molecular complexity index is 1100. The van der Waals surface area contributed by atoms with E-state index in [2.05, 4.69) is 29.1 Å². The molecule has 0 fully saturated rings. The Labute approximate surface area is 179 Å². The lowest BCUT2D eigenvalue weighted by Crippen LogP contribution is -2.32. The van der Waals surface area contributed by atoms with Crippen LogP contribution in [-0.2, 0) is 12.8 Å². The molecule has 1 atom stereocenters. The topological polar surface area (TPSA) is 53.4 Å². The molecule has 4 rings (SSSR count). The van der Waals surface area contributed by atoms with Crippen LogP contribution in [-0.4, -0.2) is 34.6 Å². The molecule has 30 heavy (non-hydrogen) atoms. The van der Waals surface area contributed by atoms with E-state index in [0.29, 0.717) is 12.0 Å². The Balaban J connectivity index is 1.60. The average Bonchev–Trinajstić information content (AvgIpc) is 2.75. The summed E-state index contributed by atoms with van der Waals surface area (Å²) >= 11 is 5.81. The quantitative estimate of drug-likeness (QED) is 0.595. The summed E-state index contributed by atoms with van der Waals surface area (Å²) in [4.78, 5) is 17.9. The summed E-state index contributed by atoms with van der Waals surface area (Å²) in [6.45, 7) is 0.912. The second kappa shape index (κ2) is 8.54. The number of aryl methyl sites for hydroxylation is 1. The van der Waals surface area contributed by atoms with Crippen molar-refractivity contribution in [2.45, 2.75) is 25.3 Å². The third kappa shape index (κ3) is 4.09. The first-order chi connectivity index (χ1) is 14.4. The third-order valence-corrected chi connectivity index (χ3v) is 6.15. The van der Waals surface area contributed by atoms with E-state index in [1.807, 2.05) is 12.1 Å². The minimum Gasteiger partial charge on any atom is -0.478 e. The van der Waals surface area contributed by atoms with Gasteiger partial charge in [0.1, 0.15) is 5.82 Å². The Morgan fingerprint density at radius 3 is 2.77 bits per heavy atom. The van der Waals surface area contributed by atoms with Crippen molar-refractivity contribution in [3.63, 3.8) is 0 Å². The van der Waals surface area contributed by atoms with Gasteiger partial charge in [0.2, 0.25) is 0 Å². The summed E-state index contributed by atoms with van der Waals surface area (Å²) < 4.78 is 13.9. The van der Waals surface area contributed by atoms with Crippen LogP contribution in [0.3, 0.4) is 0 Å². The monoisotopic (exact) mass is 424 g/mol. The highest BCUT2D eigenvalue weighted by atomic mass is 35.5. The zero-order valence-electron chi connectivity index (χ0n) is 16.6. The number of hydrogen-bond donors (Lipinski definition) is 1. The van der Waals surface area contributed by atoms with Gasteiger partial charge in [-0.3, -0.25) is 9.88 Å². The largest absolute Gasteiger partial charge is 0.478 e. The van der Waals surface area contributed by atoms with Gasteiger partial charge in [0.25, 0.3) is 0 Å². The fourth-order valence-corrected chi connectivity index (χ4v) is 4.31. The summed E-state index contributed by atoms with van der Waals surface area (Å²) in [7, 11) is 2.09. The second-order valence-electron chi connectivity index (χ2n) is 7.67. The number of likely N-dealkylation sites (N-methyl/N-ethyl adjacent to an activating group) is 1. The summed E-state index contributed by atoms with van der Waals surface area (Å²) in [6.07, 6.45) is 5.50. The lowest BCUT2D eigenvalue weighted by atomic mass is 9.87. The molecule has 0 amide bonds. The van der Waals surface area contributed by atoms with Crippen molar-refractivity contribution in [2.24, 2.45) is 0 Å². The van der Waals surface area contributed by atoms with E-state index in [1.165, 1.54) is 23.4 Å². The molecular formula is C24H22ClFN2O2. The van der Waals surface area contributed by atoms with Gasteiger partial charge in [-0.2, -0.15) is 0 Å². The van der Waals surface area contributed by atoms with E-state index >= 15 is 0 Å². The first kappa shape index (κ1) is 20.5. The molecule has 1 aliphatic heterocycles. The summed E-state index contributed by atoms with van der Waals surface area (Å²) in [5.74, 6) is -1.35. The predicted octanol–water partition coefficient (Wildman–Crippen LogP) is 5.40. The van der Waals surface area contributed by atoms with Gasteiger partial charge in [-0.25, -0.2) is 9.18 Å². The number of carboxylic acids is 1. The van der Waals surface area contributed by atoms with Gasteiger partial charge >= 0.3 is 5.97 Å². The van der Waals surface area contributed by atoms with Crippen molar-refractivity contribution in [1.29, 1.82) is 0 Å². The van der Waals surface area contributed by atoms with E-state index in [-0.39, 0.29) is 11.1 Å². The Morgan fingerprint density at radius 1 is 1.23 bits per heavy atom. The lowest BCUT2D eigenvalue weighted by molar-refractivity contribution is 0.0695. The predicted molar refractivity (Wildman–Crippen MR) is 115 cm³/mol. The highest BCUT2D eigenvalue weighted by molar-refractivity contribution is 6.30. The number of rotatable bonds is 5. The molecule has 0 spiro atoms. The van der Waals surface area contributed by atoms with Gasteiger partial charge in [-0.05, 0) is 72.3 Å². The van der Waals surface area contributed by atoms with Crippen molar-refractivity contribution < 1.29 is 14.3 Å². The Morgan fingerprint density at radius 2 is 2.00 bits per heavy atom. The van der Waals surface area contributed by atoms with Gasteiger partial charge < -0.3 is 5.11 Å². The molecule has 0 saturated carbocycles. The van der Waals surface area contributed by atoms with Gasteiger partial charge in [0, 0.05) is 25.0 Å². The van der Waals surface area contributed by atoms with E-state index in [1.54, 1.807) is 18.3 Å². The van der Waals surface area contributed by atoms with Crippen LogP contribution in [0.1, 0.15) is 39.5 Å². The maximum Gasteiger partial charge on any atom is 0.336 e. The van der Waals surface area contributed by atoms with Crippen LogP contribution >= 0.6 is 11.6 Å². The van der Waals surface area contributed by atoms with Gasteiger partial charge in [0.05, 0.1) is 10.6 Å². The van der Waals surface area contributed by atoms with E-state index < -0.39 is 11.8 Å². The number of carboxylic acid groups (broad SMARTS) is 1. The molecule has 6 heteroatoms. The minimum atomic E-state index is -0.926. The van der Waals surface area contributed by atoms with Crippen LogP contribution in [0.4, 0.5) is 4.39 Å². The van der Waals surface area contributed by atoms with Gasteiger partial charge in [-0.1, -0.05) is 35.9 Å². The number of aromatic nitrogens is 1. The van der Waals surface area contributed by atoms with Crippen LogP contribution in [0.15, 0.2) is 54.9 Å². The maximum absolute atomic E-state index is 13.9. The molecule has 0 saturated heterocycles. The highest BCUT2D eigenvalue weighted by Gasteiger charge is 2.25. The first-order valence-corrected chi connectivity index (χ1v) is 10.3. The van der Waals surface area contributed by atoms with E-state index in [9.17, 15) is 14.3 Å². The fraction of sp³-hybridized carbons (Fsp3) is 0.250. The van der Waals surface area contributed by atoms with Crippen LogP contribution in [0.25, 0.3) is 11.1 Å². The fourth-order valence-electron chi connectivity index (χ4n) is 4.20. The standard InChI is InChI=1S/C24H22ClFN2O2/c1-28-11-9-17-12-15(16-3-6-21(25)22(26)13-16)2-5-19(17)23(28)7-4-18-14-27-10-8-20(18)24(29)30/h2-3,5-6,8,10,12-14,23H,4,7,9,11H2,1H3,(H,29,30)/t23-/m1/s1. The SMILES string of the molecule is CN1CCc2cc(-c3ccc(Cl)c(F)c3)ccc2[C@H]1CCc1cnccc1C(=O)O. The summed E-state index contributed by atoms with van der Waals surface area (Å²) in [6, 6.07) is 12.9. The molecular weight excluding hydrogens is 403 g/mol. The van der Waals surface area contributed by atoms with Gasteiger partial charge in [-0.15, -0.1) is 0 Å². The molecule has 0 bridgehead atoms. The minimum absolute atomic E-state index is 0.120. The number of hydrogen-bond acceptors (Lipinski definition) is 3. The number of aromatic carboxylic acids is 1. The second-order valence-corrected chi connectivity index (χ2v) is 8.07. The smallest absolute Gasteiger partial charge is 0.336 e. The molecule has 1 aliphatic rings. The molecule has 2 aromatic carbocycles. The average molecular weight is 425 g/mol. The van der Waals surface area contributed by atoms with Crippen LogP contribution in [0, 0.1) is 5.82 Å². The molecule has 0 radical (unpaired) electrons. The van der Waals surface area contributed by atoms with Crippen LogP contribution < -0.4 is 0 Å². The summed E-state index contributed by atoms with van der Waals surface area (Å²) in [5.41, 5.74) is 5.31. The molecule has 0 aliphatic carbocycles. The molecule has 4 nitrogen and oxygen atoms in total. The molecule has 0 unspecified atom stereocenters. The molecule has 1 N–H and O–H groups in total. The number of halogens is 2. The number of fused-ring (bicyclic) bond motifs is 1. The summed E-state index contributed by atoms with van der Waals surface area (Å²) in [5, 5.41) is 9.53. The molecule has 3 aromatic rings. The third-order valence-electron chi connectivity index (χ3n) is 5.84. The number of benzene rings is 2. The lowest BCUT2D eigenvalue weighted by Gasteiger charge is -2.35. The van der Waals surface area contributed by atoms with Crippen molar-refractivity contribution in [2.75, 3.05) is 13.6 Å². The Hall–Kier alpha value is -2.76. The van der Waals surface area contributed by atoms with Crippen molar-refractivity contribution in [3.8, 4) is 11.1 Å². The molecule has 1 aromatic heterocycles. The van der Waals surface area contributed by atoms with Gasteiger partial charge in [0.15, 0.2) is 0 Å². The normalized spacial score (nSPS) is 16.3. The Kier molecular flexibility index (Phi) is 5.84. The maximum atomic E-state index is 13.9. The van der Waals surface area contributed by atoms with Crippen molar-refractivity contribution >= 4 is 17.6 Å². The number of nitrogens with zero attached hydrogens (tertiary/aromatic N) is 2. The highest BCUT2D eigenvalue weighted by Crippen LogP contribution is 2.35. The van der Waals surface area contributed by atoms with Crippen molar-refractivity contribution in [1.82, 2.24) is 9.88 Å². The van der Waals surface area contributed by atoms with Crippen molar-refractivity contribution in [3.05, 3.63) is 88.0 Å². The van der Waals surface area contributed by atoms with Crippen LogP contribution in [0.5, 0.6) is 0 Å². The molecule has 154 valence electrons. The zero-order valence-corrected chi connectivity index (χ0v) is 17.4.